The molecule has 0 aromatic rings. The average molecular weight is 891 g/mol. The monoisotopic (exact) mass is 891 g/mol. The van der Waals surface area contributed by atoms with Crippen LogP contribution in [0.25, 0.3) is 0 Å². The topological polar surface area (TPSA) is 186 Å². The number of rotatable bonds is 42. The van der Waals surface area contributed by atoms with E-state index in [1.807, 2.05) is 0 Å². The normalized spacial score (nSPS) is 20.0. The summed E-state index contributed by atoms with van der Waals surface area (Å²) in [6.45, 7) is 3.78. The van der Waals surface area contributed by atoms with Crippen LogP contribution in [0.4, 0.5) is 0 Å². The van der Waals surface area contributed by atoms with Gasteiger partial charge in [0, 0.05) is 12.8 Å². The highest BCUT2D eigenvalue weighted by Crippen LogP contribution is 2.24. The molecular formula is C48H90O12S. The molecule has 1 rings (SSSR count). The first-order valence-corrected chi connectivity index (χ1v) is 26.4. The maximum absolute atomic E-state index is 12.8. The molecule has 0 spiro atoms. The fraction of sp³-hybridized carbons (Fsp3) is 0.917. The lowest BCUT2D eigenvalue weighted by Gasteiger charge is -2.40. The molecule has 0 amide bonds. The molecule has 0 radical (unpaired) electrons. The van der Waals surface area contributed by atoms with Gasteiger partial charge in [0.05, 0.1) is 6.61 Å². The number of aliphatic hydroxyl groups is 3. The first-order valence-electron chi connectivity index (χ1n) is 24.7. The van der Waals surface area contributed by atoms with Crippen LogP contribution in [0.15, 0.2) is 12.2 Å². The lowest BCUT2D eigenvalue weighted by atomic mass is 10.00. The third-order valence-electron chi connectivity index (χ3n) is 11.6. The number of hydrogen-bond acceptors (Lipinski definition) is 11. The Morgan fingerprint density at radius 1 is 0.541 bits per heavy atom. The van der Waals surface area contributed by atoms with Gasteiger partial charge in [-0.1, -0.05) is 187 Å². The number of carbonyl (C=O) groups is 2. The van der Waals surface area contributed by atoms with E-state index in [4.69, 9.17) is 18.9 Å². The van der Waals surface area contributed by atoms with Crippen LogP contribution in [0.2, 0.25) is 0 Å². The molecule has 360 valence electrons. The molecule has 6 unspecified atom stereocenters. The van der Waals surface area contributed by atoms with E-state index in [2.05, 4.69) is 26.0 Å². The fourth-order valence-electron chi connectivity index (χ4n) is 7.73. The van der Waals surface area contributed by atoms with E-state index in [0.29, 0.717) is 12.8 Å². The second kappa shape index (κ2) is 38.8. The highest BCUT2D eigenvalue weighted by molar-refractivity contribution is 7.85. The quantitative estimate of drug-likeness (QED) is 0.0197. The van der Waals surface area contributed by atoms with Crippen molar-refractivity contribution in [3.05, 3.63) is 12.2 Å². The van der Waals surface area contributed by atoms with Crippen molar-refractivity contribution in [1.82, 2.24) is 0 Å². The number of carbonyl (C=O) groups excluding carboxylic acids is 2. The summed E-state index contributed by atoms with van der Waals surface area (Å²) in [7, 11) is -4.60. The van der Waals surface area contributed by atoms with E-state index >= 15 is 0 Å². The maximum atomic E-state index is 12.8. The summed E-state index contributed by atoms with van der Waals surface area (Å²) in [5.74, 6) is -1.98. The third kappa shape index (κ3) is 33.6. The maximum Gasteiger partial charge on any atom is 0.306 e. The minimum absolute atomic E-state index is 0.159. The van der Waals surface area contributed by atoms with Gasteiger partial charge in [-0.3, -0.25) is 14.1 Å². The van der Waals surface area contributed by atoms with E-state index < -0.39 is 71.2 Å². The van der Waals surface area contributed by atoms with E-state index in [-0.39, 0.29) is 19.4 Å². The van der Waals surface area contributed by atoms with Crippen molar-refractivity contribution >= 4 is 22.1 Å². The molecule has 6 atom stereocenters. The van der Waals surface area contributed by atoms with Gasteiger partial charge in [0.1, 0.15) is 36.8 Å². The van der Waals surface area contributed by atoms with Crippen LogP contribution in [0.3, 0.4) is 0 Å². The van der Waals surface area contributed by atoms with Crippen LogP contribution in [0, 0.1) is 0 Å². The Balaban J connectivity index is 2.39. The number of unbranched alkanes of at least 4 members (excludes halogenated alkanes) is 28. The molecule has 61 heavy (non-hydrogen) atoms. The van der Waals surface area contributed by atoms with Crippen LogP contribution in [0.1, 0.15) is 226 Å². The zero-order valence-electron chi connectivity index (χ0n) is 38.5. The predicted octanol–water partition coefficient (Wildman–Crippen LogP) is 10.6. The largest absolute Gasteiger partial charge is 0.462 e. The zero-order chi connectivity index (χ0) is 44.8. The van der Waals surface area contributed by atoms with Crippen LogP contribution in [-0.2, 0) is 38.7 Å². The molecule has 12 nitrogen and oxygen atoms in total. The molecule has 1 fully saturated rings. The highest BCUT2D eigenvalue weighted by Gasteiger charge is 2.46. The van der Waals surface area contributed by atoms with Crippen LogP contribution >= 0.6 is 0 Å². The van der Waals surface area contributed by atoms with Crippen molar-refractivity contribution in [2.75, 3.05) is 19.0 Å². The number of aliphatic hydroxyl groups excluding tert-OH is 3. The van der Waals surface area contributed by atoms with Gasteiger partial charge >= 0.3 is 11.9 Å². The molecule has 1 saturated heterocycles. The Kier molecular flexibility index (Phi) is 36.5. The van der Waals surface area contributed by atoms with Gasteiger partial charge in [-0.05, 0) is 38.5 Å². The second-order valence-corrected chi connectivity index (χ2v) is 19.0. The zero-order valence-corrected chi connectivity index (χ0v) is 39.4. The molecule has 0 saturated carbocycles. The van der Waals surface area contributed by atoms with E-state index in [1.165, 1.54) is 128 Å². The number of esters is 2. The van der Waals surface area contributed by atoms with Gasteiger partial charge in [-0.15, -0.1) is 0 Å². The van der Waals surface area contributed by atoms with Gasteiger partial charge in [0.15, 0.2) is 12.4 Å². The number of allylic oxidation sites excluding steroid dienone is 2. The second-order valence-electron chi connectivity index (χ2n) is 17.5. The first kappa shape index (κ1) is 57.4. The third-order valence-corrected chi connectivity index (χ3v) is 12.3. The Morgan fingerprint density at radius 3 is 1.36 bits per heavy atom. The van der Waals surface area contributed by atoms with Gasteiger partial charge in [-0.25, -0.2) is 0 Å². The summed E-state index contributed by atoms with van der Waals surface area (Å²) in [4.78, 5) is 25.5. The van der Waals surface area contributed by atoms with E-state index in [1.54, 1.807) is 0 Å². The van der Waals surface area contributed by atoms with Crippen LogP contribution in [-0.4, -0.2) is 96.0 Å². The fourth-order valence-corrected chi connectivity index (χ4v) is 8.42. The number of hydrogen-bond donors (Lipinski definition) is 4. The van der Waals surface area contributed by atoms with Gasteiger partial charge in [0.25, 0.3) is 10.1 Å². The number of ether oxygens (including phenoxy) is 4. The minimum atomic E-state index is -4.60. The Hall–Kier alpha value is -1.61. The van der Waals surface area contributed by atoms with Crippen molar-refractivity contribution in [3.8, 4) is 0 Å². The summed E-state index contributed by atoms with van der Waals surface area (Å²) >= 11 is 0. The molecule has 0 aromatic carbocycles. The molecule has 0 aliphatic carbocycles. The molecule has 4 N–H and O–H groups in total. The lowest BCUT2D eigenvalue weighted by Crippen LogP contribution is -2.60. The van der Waals surface area contributed by atoms with Crippen molar-refractivity contribution in [1.29, 1.82) is 0 Å². The SMILES string of the molecule is CCCCCCCCC/C=C\CCCCCCCC(=O)OC(COC(=O)CCCCCCCCCCCCCCCCCCC)COC1OC(CS(=O)(=O)O)C(O)C(O)C1O. The Bertz CT molecular complexity index is 1180. The molecule has 1 heterocycles. The van der Waals surface area contributed by atoms with Gasteiger partial charge in [0.2, 0.25) is 0 Å². The summed E-state index contributed by atoms with van der Waals surface area (Å²) in [6, 6.07) is 0. The van der Waals surface area contributed by atoms with Gasteiger partial charge in [-0.2, -0.15) is 8.42 Å². The van der Waals surface area contributed by atoms with E-state index in [9.17, 15) is 37.9 Å². The highest BCUT2D eigenvalue weighted by atomic mass is 32.2. The summed E-state index contributed by atoms with van der Waals surface area (Å²) in [6.07, 6.45) is 32.5. The van der Waals surface area contributed by atoms with Crippen molar-refractivity contribution in [3.63, 3.8) is 0 Å². The molecule has 13 heteroatoms. The Labute approximate surface area is 371 Å². The van der Waals surface area contributed by atoms with Gasteiger partial charge < -0.3 is 34.3 Å². The lowest BCUT2D eigenvalue weighted by molar-refractivity contribution is -0.297. The molecular weight excluding hydrogens is 801 g/mol. The molecule has 0 aromatic heterocycles. The molecule has 1 aliphatic rings. The summed E-state index contributed by atoms with van der Waals surface area (Å²) in [5, 5.41) is 30.9. The standard InChI is InChI=1S/C48H90O12S/c1-3-5-7-9-11-13-15-17-19-21-23-24-26-28-30-32-34-36-43(49)57-38-41(39-58-48-47(53)46(52)45(51)42(60-48)40-61(54,55)56)59-44(50)37-35-33-31-29-27-25-22-20-18-16-14-12-10-8-6-4-2/h20,22,41-42,45-48,51-53H,3-19,21,23-40H2,1-2H3,(H,54,55,56)/b22-20-. The van der Waals surface area contributed by atoms with Crippen LogP contribution < -0.4 is 0 Å². The molecule has 1 aliphatic heterocycles. The average Bonchev–Trinajstić information content (AvgIpc) is 3.22. The summed E-state index contributed by atoms with van der Waals surface area (Å²) in [5.41, 5.74) is 0. The summed E-state index contributed by atoms with van der Waals surface area (Å²) < 4.78 is 54.2. The first-order chi connectivity index (χ1) is 29.5. The predicted molar refractivity (Wildman–Crippen MR) is 243 cm³/mol. The van der Waals surface area contributed by atoms with Crippen LogP contribution in [0.5, 0.6) is 0 Å². The van der Waals surface area contributed by atoms with Crippen molar-refractivity contribution in [2.24, 2.45) is 0 Å². The smallest absolute Gasteiger partial charge is 0.306 e. The van der Waals surface area contributed by atoms with Crippen molar-refractivity contribution < 1.29 is 56.8 Å². The minimum Gasteiger partial charge on any atom is -0.462 e. The molecule has 0 bridgehead atoms. The Morgan fingerprint density at radius 2 is 0.934 bits per heavy atom. The van der Waals surface area contributed by atoms with Crippen molar-refractivity contribution in [2.45, 2.75) is 263 Å². The van der Waals surface area contributed by atoms with E-state index in [0.717, 1.165) is 57.8 Å².